The normalized spacial score (nSPS) is 15.9. The van der Waals surface area contributed by atoms with Crippen LogP contribution in [0.15, 0.2) is 46.0 Å². The highest BCUT2D eigenvalue weighted by molar-refractivity contribution is 7.16. The maximum Gasteiger partial charge on any atom is 0.272 e. The van der Waals surface area contributed by atoms with Gasteiger partial charge in [-0.15, -0.1) is 11.3 Å². The second kappa shape index (κ2) is 9.54. The molecule has 1 atom stereocenters. The molecule has 2 heterocycles. The van der Waals surface area contributed by atoms with Crippen LogP contribution in [-0.2, 0) is 19.4 Å². The lowest BCUT2D eigenvalue weighted by atomic mass is 9.72. The summed E-state index contributed by atoms with van der Waals surface area (Å²) >= 11 is 1.55. The number of rotatable bonds is 6. The molecule has 4 rings (SSSR count). The predicted octanol–water partition coefficient (Wildman–Crippen LogP) is 6.39. The first kappa shape index (κ1) is 23.9. The molecule has 0 aliphatic heterocycles. The first-order chi connectivity index (χ1) is 16.1. The van der Waals surface area contributed by atoms with E-state index in [1.165, 1.54) is 10.9 Å². The Labute approximate surface area is 203 Å². The number of carbonyl (C=O) groups is 1. The summed E-state index contributed by atoms with van der Waals surface area (Å²) in [5.74, 6) is 1.04. The highest BCUT2D eigenvalue weighted by Crippen LogP contribution is 2.45. The van der Waals surface area contributed by atoms with Gasteiger partial charge in [-0.2, -0.15) is 0 Å². The molecule has 2 aromatic heterocycles. The van der Waals surface area contributed by atoms with E-state index in [4.69, 9.17) is 4.42 Å². The maximum atomic E-state index is 13.3. The number of carbonyl (C=O) groups excluding carboxylic acids is 1. The van der Waals surface area contributed by atoms with E-state index in [2.05, 4.69) is 31.1 Å². The summed E-state index contributed by atoms with van der Waals surface area (Å²) in [6.45, 7) is 8.79. The Bertz CT molecular complexity index is 1240. The standard InChI is InChI=1S/C26H29N3O4S/c1-16-7-8-17(12-21(16)29(31)32)14-28-25-23(24(30)27-15-19-6-5-11-33-19)20-10-9-18(26(2,3)4)13-22(20)34-25/h5-8,11-12,14,18H,9-10,13,15H2,1-4H3,(H,27,30)/t18-/m1/s1. The Balaban J connectivity index is 1.67. The molecule has 0 fully saturated rings. The number of furan rings is 1. The Morgan fingerprint density at radius 2 is 2.15 bits per heavy atom. The Kier molecular flexibility index (Phi) is 6.70. The van der Waals surface area contributed by atoms with Gasteiger partial charge in [0.1, 0.15) is 10.8 Å². The molecule has 0 spiro atoms. The van der Waals surface area contributed by atoms with Gasteiger partial charge >= 0.3 is 0 Å². The van der Waals surface area contributed by atoms with Crippen LogP contribution in [0.2, 0.25) is 0 Å². The molecule has 0 unspecified atom stereocenters. The van der Waals surface area contributed by atoms with Gasteiger partial charge in [0, 0.05) is 22.7 Å². The van der Waals surface area contributed by atoms with Gasteiger partial charge in [-0.25, -0.2) is 4.99 Å². The number of nitrogens with one attached hydrogen (secondary N) is 1. The van der Waals surface area contributed by atoms with Crippen molar-refractivity contribution in [3.63, 3.8) is 0 Å². The number of hydrogen-bond donors (Lipinski definition) is 1. The van der Waals surface area contributed by atoms with Gasteiger partial charge in [0.25, 0.3) is 11.6 Å². The van der Waals surface area contributed by atoms with Crippen LogP contribution < -0.4 is 5.32 Å². The van der Waals surface area contributed by atoms with Crippen LogP contribution in [0.5, 0.6) is 0 Å². The third kappa shape index (κ3) is 5.12. The molecule has 7 nitrogen and oxygen atoms in total. The van der Waals surface area contributed by atoms with E-state index in [1.807, 2.05) is 6.07 Å². The molecule has 0 saturated carbocycles. The van der Waals surface area contributed by atoms with E-state index < -0.39 is 4.92 Å². The SMILES string of the molecule is Cc1ccc(C=Nc2sc3c(c2C(=O)NCc2ccco2)CC[C@@H](C(C)(C)C)C3)cc1[N+](=O)[O-]. The van der Waals surface area contributed by atoms with Crippen molar-refractivity contribution < 1.29 is 14.1 Å². The summed E-state index contributed by atoms with van der Waals surface area (Å²) in [5, 5.41) is 14.9. The molecule has 34 heavy (non-hydrogen) atoms. The number of nitrogens with zero attached hydrogens (tertiary/aromatic N) is 2. The molecular weight excluding hydrogens is 450 g/mol. The smallest absolute Gasteiger partial charge is 0.272 e. The molecule has 1 aromatic carbocycles. The number of fused-ring (bicyclic) bond motifs is 1. The number of hydrogen-bond acceptors (Lipinski definition) is 6. The average molecular weight is 480 g/mol. The van der Waals surface area contributed by atoms with Gasteiger partial charge in [0.05, 0.1) is 23.3 Å². The third-order valence-electron chi connectivity index (χ3n) is 6.46. The van der Waals surface area contributed by atoms with Crippen molar-refractivity contribution in [3.05, 3.63) is 79.6 Å². The minimum Gasteiger partial charge on any atom is -0.467 e. The van der Waals surface area contributed by atoms with Crippen molar-refractivity contribution in [2.75, 3.05) is 0 Å². The van der Waals surface area contributed by atoms with Crippen LogP contribution in [0.4, 0.5) is 10.7 Å². The number of nitro groups is 1. The highest BCUT2D eigenvalue weighted by atomic mass is 32.1. The summed E-state index contributed by atoms with van der Waals surface area (Å²) in [5.41, 5.74) is 3.14. The first-order valence-electron chi connectivity index (χ1n) is 11.4. The van der Waals surface area contributed by atoms with Crippen LogP contribution in [0.1, 0.15) is 64.9 Å². The molecule has 1 aliphatic carbocycles. The van der Waals surface area contributed by atoms with Gasteiger partial charge < -0.3 is 9.73 Å². The largest absolute Gasteiger partial charge is 0.467 e. The predicted molar refractivity (Wildman–Crippen MR) is 134 cm³/mol. The Morgan fingerprint density at radius 1 is 1.35 bits per heavy atom. The van der Waals surface area contributed by atoms with Crippen LogP contribution in [0.3, 0.4) is 0 Å². The van der Waals surface area contributed by atoms with Crippen LogP contribution in [0, 0.1) is 28.4 Å². The van der Waals surface area contributed by atoms with Crippen molar-refractivity contribution in [2.24, 2.45) is 16.3 Å². The van der Waals surface area contributed by atoms with Crippen LogP contribution in [-0.4, -0.2) is 17.0 Å². The second-order valence-corrected chi connectivity index (χ2v) is 10.9. The van der Waals surface area contributed by atoms with E-state index in [0.717, 1.165) is 24.8 Å². The van der Waals surface area contributed by atoms with Gasteiger partial charge in [-0.05, 0) is 60.8 Å². The van der Waals surface area contributed by atoms with E-state index in [-0.39, 0.29) is 17.0 Å². The van der Waals surface area contributed by atoms with Crippen molar-refractivity contribution in [1.82, 2.24) is 5.32 Å². The molecule has 1 amide bonds. The zero-order valence-electron chi connectivity index (χ0n) is 19.9. The number of benzene rings is 1. The Hall–Kier alpha value is -3.26. The van der Waals surface area contributed by atoms with Crippen molar-refractivity contribution in [2.45, 2.75) is 53.5 Å². The molecule has 0 bridgehead atoms. The molecule has 3 aromatic rings. The van der Waals surface area contributed by atoms with E-state index in [9.17, 15) is 14.9 Å². The van der Waals surface area contributed by atoms with E-state index >= 15 is 0 Å². The summed E-state index contributed by atoms with van der Waals surface area (Å²) < 4.78 is 5.34. The van der Waals surface area contributed by atoms with Gasteiger partial charge in [0.15, 0.2) is 0 Å². The van der Waals surface area contributed by atoms with E-state index in [1.54, 1.807) is 48.9 Å². The summed E-state index contributed by atoms with van der Waals surface area (Å²) in [6, 6.07) is 8.63. The summed E-state index contributed by atoms with van der Waals surface area (Å²) in [4.78, 5) is 30.0. The summed E-state index contributed by atoms with van der Waals surface area (Å²) in [6.07, 6.45) is 5.97. The van der Waals surface area contributed by atoms with E-state index in [0.29, 0.717) is 39.9 Å². The second-order valence-electron chi connectivity index (χ2n) is 9.81. The van der Waals surface area contributed by atoms with Crippen LogP contribution in [0.25, 0.3) is 0 Å². The monoisotopic (exact) mass is 479 g/mol. The topological polar surface area (TPSA) is 97.7 Å². The molecule has 0 saturated heterocycles. The van der Waals surface area contributed by atoms with Gasteiger partial charge in [-0.1, -0.05) is 32.9 Å². The average Bonchev–Trinajstić information content (AvgIpc) is 3.43. The number of aryl methyl sites for hydroxylation is 1. The zero-order chi connectivity index (χ0) is 24.5. The van der Waals surface area contributed by atoms with Crippen molar-refractivity contribution in [1.29, 1.82) is 0 Å². The minimum atomic E-state index is -0.392. The fourth-order valence-electron chi connectivity index (χ4n) is 4.34. The van der Waals surface area contributed by atoms with Gasteiger partial charge in [0.2, 0.25) is 0 Å². The lowest BCUT2D eigenvalue weighted by molar-refractivity contribution is -0.385. The zero-order valence-corrected chi connectivity index (χ0v) is 20.7. The molecular formula is C26H29N3O4S. The third-order valence-corrected chi connectivity index (χ3v) is 7.62. The molecule has 0 radical (unpaired) electrons. The van der Waals surface area contributed by atoms with Crippen LogP contribution >= 0.6 is 11.3 Å². The fraction of sp³-hybridized carbons (Fsp3) is 0.385. The van der Waals surface area contributed by atoms with Crippen molar-refractivity contribution in [3.8, 4) is 0 Å². The molecule has 178 valence electrons. The Morgan fingerprint density at radius 3 is 2.82 bits per heavy atom. The number of amides is 1. The van der Waals surface area contributed by atoms with Crippen molar-refractivity contribution >= 4 is 34.1 Å². The highest BCUT2D eigenvalue weighted by Gasteiger charge is 2.33. The lowest BCUT2D eigenvalue weighted by Crippen LogP contribution is -2.28. The molecule has 8 heteroatoms. The number of aliphatic imine (C=N–C) groups is 1. The first-order valence-corrected chi connectivity index (χ1v) is 12.2. The fourth-order valence-corrected chi connectivity index (χ4v) is 5.61. The maximum absolute atomic E-state index is 13.3. The number of nitro benzene ring substituents is 1. The number of thiophene rings is 1. The lowest BCUT2D eigenvalue weighted by Gasteiger charge is -2.33. The van der Waals surface area contributed by atoms with Gasteiger partial charge in [-0.3, -0.25) is 14.9 Å². The molecule has 1 N–H and O–H groups in total. The quantitative estimate of drug-likeness (QED) is 0.252. The minimum absolute atomic E-state index is 0.0545. The molecule has 1 aliphatic rings. The summed E-state index contributed by atoms with van der Waals surface area (Å²) in [7, 11) is 0.